The van der Waals surface area contributed by atoms with Crippen molar-refractivity contribution in [1.82, 2.24) is 9.13 Å². The minimum absolute atomic E-state index is 0.249. The summed E-state index contributed by atoms with van der Waals surface area (Å²) in [5.74, 6) is -0.353. The molecule has 5 nitrogen and oxygen atoms in total. The molecule has 0 aliphatic rings. The molecule has 0 atom stereocenters. The van der Waals surface area contributed by atoms with E-state index in [2.05, 4.69) is 21.2 Å². The van der Waals surface area contributed by atoms with E-state index >= 15 is 0 Å². The molecule has 0 aliphatic carbocycles. The number of nitrogens with one attached hydrogen (secondary N) is 1. The van der Waals surface area contributed by atoms with Crippen LogP contribution in [0.3, 0.4) is 0 Å². The third-order valence-electron chi connectivity index (χ3n) is 2.92. The average molecular weight is 342 g/mol. The fourth-order valence-electron chi connectivity index (χ4n) is 1.81. The molecule has 2 rings (SSSR count). The summed E-state index contributed by atoms with van der Waals surface area (Å²) in [6, 6.07) is 4.49. The summed E-state index contributed by atoms with van der Waals surface area (Å²) in [6.45, 7) is 0.249. The Morgan fingerprint density at radius 1 is 1.30 bits per heavy atom. The van der Waals surface area contributed by atoms with Crippen molar-refractivity contribution in [2.24, 2.45) is 14.1 Å². The standard InChI is InChI=1S/C13H13BrFN3O2/c1-17-7-8(12(19)18(2)13(17)20)6-16-9-3-4-11(15)10(14)5-9/h3-5,7,16H,6H2,1-2H3. The second kappa shape index (κ2) is 5.62. The van der Waals surface area contributed by atoms with Crippen LogP contribution in [0, 0.1) is 5.82 Å². The Bertz CT molecular complexity index is 767. The van der Waals surface area contributed by atoms with Crippen LogP contribution in [0.15, 0.2) is 38.5 Å². The largest absolute Gasteiger partial charge is 0.381 e. The van der Waals surface area contributed by atoms with Gasteiger partial charge in [-0.3, -0.25) is 9.36 Å². The predicted molar refractivity (Wildman–Crippen MR) is 78.4 cm³/mol. The van der Waals surface area contributed by atoms with Gasteiger partial charge in [0.25, 0.3) is 5.56 Å². The first-order chi connectivity index (χ1) is 9.40. The third-order valence-corrected chi connectivity index (χ3v) is 3.53. The van der Waals surface area contributed by atoms with E-state index in [-0.39, 0.29) is 23.6 Å². The number of hydrogen-bond acceptors (Lipinski definition) is 3. The molecule has 0 saturated heterocycles. The summed E-state index contributed by atoms with van der Waals surface area (Å²) in [6.07, 6.45) is 1.50. The number of halogens is 2. The van der Waals surface area contributed by atoms with Crippen LogP contribution in [0.1, 0.15) is 5.56 Å². The van der Waals surface area contributed by atoms with Gasteiger partial charge >= 0.3 is 5.69 Å². The lowest BCUT2D eigenvalue weighted by atomic mass is 10.2. The van der Waals surface area contributed by atoms with Crippen LogP contribution < -0.4 is 16.6 Å². The molecular weight excluding hydrogens is 329 g/mol. The minimum Gasteiger partial charge on any atom is -0.381 e. The number of benzene rings is 1. The summed E-state index contributed by atoms with van der Waals surface area (Å²) in [7, 11) is 3.02. The first-order valence-corrected chi connectivity index (χ1v) is 6.64. The molecule has 0 bridgehead atoms. The SMILES string of the molecule is Cn1cc(CNc2ccc(F)c(Br)c2)c(=O)n(C)c1=O. The van der Waals surface area contributed by atoms with Gasteiger partial charge in [0.1, 0.15) is 5.82 Å². The molecule has 0 spiro atoms. The molecule has 7 heteroatoms. The lowest BCUT2D eigenvalue weighted by Crippen LogP contribution is -2.38. The van der Waals surface area contributed by atoms with Crippen LogP contribution in [0.2, 0.25) is 0 Å². The van der Waals surface area contributed by atoms with Gasteiger partial charge in [-0.1, -0.05) is 0 Å². The summed E-state index contributed by atoms with van der Waals surface area (Å²) < 4.78 is 15.9. The topological polar surface area (TPSA) is 56.0 Å². The highest BCUT2D eigenvalue weighted by atomic mass is 79.9. The molecule has 1 N–H and O–H groups in total. The van der Waals surface area contributed by atoms with Crippen molar-refractivity contribution in [2.75, 3.05) is 5.32 Å². The molecule has 0 amide bonds. The highest BCUT2D eigenvalue weighted by Crippen LogP contribution is 2.20. The molecule has 0 radical (unpaired) electrons. The maximum absolute atomic E-state index is 13.1. The van der Waals surface area contributed by atoms with Gasteiger partial charge in [0.2, 0.25) is 0 Å². The van der Waals surface area contributed by atoms with Crippen molar-refractivity contribution >= 4 is 21.6 Å². The summed E-state index contributed by atoms with van der Waals surface area (Å²) >= 11 is 3.09. The molecule has 0 unspecified atom stereocenters. The third kappa shape index (κ3) is 2.82. The number of hydrogen-bond donors (Lipinski definition) is 1. The van der Waals surface area contributed by atoms with E-state index in [0.29, 0.717) is 15.7 Å². The van der Waals surface area contributed by atoms with E-state index in [1.807, 2.05) is 0 Å². The highest BCUT2D eigenvalue weighted by molar-refractivity contribution is 9.10. The molecular formula is C13H13BrFN3O2. The average Bonchev–Trinajstić information content (AvgIpc) is 2.42. The molecule has 1 heterocycles. The van der Waals surface area contributed by atoms with E-state index in [1.54, 1.807) is 19.2 Å². The van der Waals surface area contributed by atoms with Gasteiger partial charge in [0.05, 0.1) is 10.0 Å². The fraction of sp³-hybridized carbons (Fsp3) is 0.231. The number of nitrogens with zero attached hydrogens (tertiary/aromatic N) is 2. The maximum Gasteiger partial charge on any atom is 0.330 e. The van der Waals surface area contributed by atoms with Crippen molar-refractivity contribution in [1.29, 1.82) is 0 Å². The zero-order valence-electron chi connectivity index (χ0n) is 11.0. The highest BCUT2D eigenvalue weighted by Gasteiger charge is 2.07. The monoisotopic (exact) mass is 341 g/mol. The van der Waals surface area contributed by atoms with Crippen molar-refractivity contribution < 1.29 is 4.39 Å². The molecule has 106 valence electrons. The molecule has 2 aromatic rings. The molecule has 0 fully saturated rings. The van der Waals surface area contributed by atoms with Gasteiger partial charge in [0, 0.05) is 32.5 Å². The lowest BCUT2D eigenvalue weighted by Gasteiger charge is -2.09. The van der Waals surface area contributed by atoms with Crippen LogP contribution in [0.5, 0.6) is 0 Å². The minimum atomic E-state index is -0.372. The van der Waals surface area contributed by atoms with Gasteiger partial charge in [-0.25, -0.2) is 9.18 Å². The Kier molecular flexibility index (Phi) is 4.08. The van der Waals surface area contributed by atoms with Gasteiger partial charge in [0.15, 0.2) is 0 Å². The second-order valence-corrected chi connectivity index (χ2v) is 5.25. The Hall–Kier alpha value is -1.89. The molecule has 0 saturated carbocycles. The van der Waals surface area contributed by atoms with Crippen molar-refractivity contribution in [2.45, 2.75) is 6.54 Å². The van der Waals surface area contributed by atoms with Crippen molar-refractivity contribution in [3.05, 3.63) is 61.1 Å². The lowest BCUT2D eigenvalue weighted by molar-refractivity contribution is 0.621. The summed E-state index contributed by atoms with van der Waals surface area (Å²) in [4.78, 5) is 23.5. The normalized spacial score (nSPS) is 10.6. The summed E-state index contributed by atoms with van der Waals surface area (Å²) in [5, 5.41) is 3.02. The van der Waals surface area contributed by atoms with Crippen LogP contribution in [-0.4, -0.2) is 9.13 Å². The van der Waals surface area contributed by atoms with E-state index in [9.17, 15) is 14.0 Å². The summed E-state index contributed by atoms with van der Waals surface area (Å²) in [5.41, 5.74) is 0.411. The molecule has 0 aliphatic heterocycles. The van der Waals surface area contributed by atoms with Crippen molar-refractivity contribution in [3.8, 4) is 0 Å². The Morgan fingerprint density at radius 2 is 2.00 bits per heavy atom. The van der Waals surface area contributed by atoms with E-state index in [1.165, 1.54) is 23.9 Å². The molecule has 1 aromatic heterocycles. The zero-order valence-corrected chi connectivity index (χ0v) is 12.6. The van der Waals surface area contributed by atoms with Gasteiger partial charge in [-0.15, -0.1) is 0 Å². The Balaban J connectivity index is 2.25. The van der Waals surface area contributed by atoms with Crippen molar-refractivity contribution in [3.63, 3.8) is 0 Å². The van der Waals surface area contributed by atoms with Gasteiger partial charge in [-0.2, -0.15) is 0 Å². The number of aryl methyl sites for hydroxylation is 1. The van der Waals surface area contributed by atoms with E-state index in [4.69, 9.17) is 0 Å². The fourth-order valence-corrected chi connectivity index (χ4v) is 2.19. The first-order valence-electron chi connectivity index (χ1n) is 5.84. The predicted octanol–water partition coefficient (Wildman–Crippen LogP) is 1.60. The van der Waals surface area contributed by atoms with Gasteiger partial charge in [-0.05, 0) is 34.1 Å². The van der Waals surface area contributed by atoms with E-state index < -0.39 is 0 Å². The van der Waals surface area contributed by atoms with Crippen LogP contribution in [-0.2, 0) is 20.6 Å². The molecule has 20 heavy (non-hydrogen) atoms. The first kappa shape index (κ1) is 14.5. The number of aromatic nitrogens is 2. The van der Waals surface area contributed by atoms with E-state index in [0.717, 1.165) is 4.57 Å². The zero-order chi connectivity index (χ0) is 14.9. The smallest absolute Gasteiger partial charge is 0.330 e. The number of anilines is 1. The second-order valence-electron chi connectivity index (χ2n) is 4.39. The number of rotatable bonds is 3. The quantitative estimate of drug-likeness (QED) is 0.922. The van der Waals surface area contributed by atoms with Crippen LogP contribution >= 0.6 is 15.9 Å². The molecule has 1 aromatic carbocycles. The Labute approximate surface area is 122 Å². The van der Waals surface area contributed by atoms with Gasteiger partial charge < -0.3 is 9.88 Å². The Morgan fingerprint density at radius 3 is 2.65 bits per heavy atom. The van der Waals surface area contributed by atoms with Crippen LogP contribution in [0.25, 0.3) is 0 Å². The maximum atomic E-state index is 13.1. The van der Waals surface area contributed by atoms with Crippen LogP contribution in [0.4, 0.5) is 10.1 Å².